The summed E-state index contributed by atoms with van der Waals surface area (Å²) in [6.07, 6.45) is 0.103. The van der Waals surface area contributed by atoms with Crippen molar-refractivity contribution in [3.05, 3.63) is 27.2 Å². The molecule has 0 saturated carbocycles. The number of esters is 1. The Labute approximate surface area is 102 Å². The molecule has 0 fully saturated rings. The van der Waals surface area contributed by atoms with Gasteiger partial charge in [-0.15, -0.1) is 0 Å². The van der Waals surface area contributed by atoms with Crippen LogP contribution in [0.4, 0.5) is 5.69 Å². The van der Waals surface area contributed by atoms with E-state index in [1.807, 2.05) is 0 Å². The lowest BCUT2D eigenvalue weighted by molar-refractivity contribution is -0.142. The van der Waals surface area contributed by atoms with Gasteiger partial charge in [-0.1, -0.05) is 27.5 Å². The number of benzene rings is 1. The number of halogens is 2. The summed E-state index contributed by atoms with van der Waals surface area (Å²) in [5.74, 6) is -0.326. The van der Waals surface area contributed by atoms with Crippen LogP contribution in [0.25, 0.3) is 0 Å². The molecule has 0 aliphatic rings. The summed E-state index contributed by atoms with van der Waals surface area (Å²) in [7, 11) is 0. The van der Waals surface area contributed by atoms with E-state index in [1.165, 1.54) is 0 Å². The van der Waals surface area contributed by atoms with E-state index in [0.717, 1.165) is 4.47 Å². The molecule has 0 unspecified atom stereocenters. The fourth-order valence-electron chi connectivity index (χ4n) is 1.17. The maximum atomic E-state index is 11.3. The Kier molecular flexibility index (Phi) is 4.42. The molecule has 1 rings (SSSR count). The summed E-state index contributed by atoms with van der Waals surface area (Å²) in [6.45, 7) is 2.11. The van der Waals surface area contributed by atoms with Crippen molar-refractivity contribution in [2.45, 2.75) is 13.3 Å². The minimum absolute atomic E-state index is 0.103. The summed E-state index contributed by atoms with van der Waals surface area (Å²) in [5, 5.41) is 0.468. The first-order valence-corrected chi connectivity index (χ1v) is 5.60. The van der Waals surface area contributed by atoms with Gasteiger partial charge in [0.15, 0.2) is 0 Å². The monoisotopic (exact) mass is 291 g/mol. The number of anilines is 1. The van der Waals surface area contributed by atoms with Gasteiger partial charge in [-0.05, 0) is 19.1 Å². The third kappa shape index (κ3) is 3.39. The van der Waals surface area contributed by atoms with Crippen LogP contribution in [0.3, 0.4) is 0 Å². The standard InChI is InChI=1S/C10H11BrClNO2/c1-2-15-10(14)5-7-8(12)3-6(11)4-9(7)13/h3-4H,2,5,13H2,1H3. The molecule has 0 bridgehead atoms. The largest absolute Gasteiger partial charge is 0.466 e. The second kappa shape index (κ2) is 5.37. The van der Waals surface area contributed by atoms with Crippen LogP contribution >= 0.6 is 27.5 Å². The van der Waals surface area contributed by atoms with Gasteiger partial charge in [-0.25, -0.2) is 0 Å². The fraction of sp³-hybridized carbons (Fsp3) is 0.300. The van der Waals surface area contributed by atoms with E-state index in [1.54, 1.807) is 19.1 Å². The minimum Gasteiger partial charge on any atom is -0.466 e. The van der Waals surface area contributed by atoms with E-state index < -0.39 is 0 Å². The molecule has 0 radical (unpaired) electrons. The van der Waals surface area contributed by atoms with E-state index in [4.69, 9.17) is 22.1 Å². The van der Waals surface area contributed by atoms with Crippen molar-refractivity contribution in [2.75, 3.05) is 12.3 Å². The number of carbonyl (C=O) groups excluding carboxylic acids is 1. The Hall–Kier alpha value is -0.740. The van der Waals surface area contributed by atoms with Crippen LogP contribution in [0.1, 0.15) is 12.5 Å². The number of hydrogen-bond acceptors (Lipinski definition) is 3. The average molecular weight is 293 g/mol. The zero-order chi connectivity index (χ0) is 11.4. The molecule has 82 valence electrons. The molecule has 0 heterocycles. The number of rotatable bonds is 3. The van der Waals surface area contributed by atoms with Crippen LogP contribution in [0.5, 0.6) is 0 Å². The first kappa shape index (κ1) is 12.3. The van der Waals surface area contributed by atoms with E-state index >= 15 is 0 Å². The van der Waals surface area contributed by atoms with Crippen molar-refractivity contribution in [3.8, 4) is 0 Å². The molecule has 0 aromatic heterocycles. The van der Waals surface area contributed by atoms with Crippen LogP contribution in [0.15, 0.2) is 16.6 Å². The van der Waals surface area contributed by atoms with Crippen LogP contribution < -0.4 is 5.73 Å². The summed E-state index contributed by atoms with van der Waals surface area (Å²) in [4.78, 5) is 11.3. The highest BCUT2D eigenvalue weighted by molar-refractivity contribution is 9.10. The topological polar surface area (TPSA) is 52.3 Å². The van der Waals surface area contributed by atoms with Gasteiger partial charge < -0.3 is 10.5 Å². The van der Waals surface area contributed by atoms with Crippen molar-refractivity contribution >= 4 is 39.2 Å². The summed E-state index contributed by atoms with van der Waals surface area (Å²) in [6, 6.07) is 3.41. The maximum absolute atomic E-state index is 11.3. The first-order valence-electron chi connectivity index (χ1n) is 4.43. The van der Waals surface area contributed by atoms with E-state index in [-0.39, 0.29) is 12.4 Å². The lowest BCUT2D eigenvalue weighted by Gasteiger charge is -2.08. The average Bonchev–Trinajstić information content (AvgIpc) is 2.11. The molecule has 15 heavy (non-hydrogen) atoms. The third-order valence-electron chi connectivity index (χ3n) is 1.82. The number of nitrogen functional groups attached to an aromatic ring is 1. The number of carbonyl (C=O) groups is 1. The molecule has 1 aromatic carbocycles. The summed E-state index contributed by atoms with van der Waals surface area (Å²) >= 11 is 9.22. The number of ether oxygens (including phenoxy) is 1. The third-order valence-corrected chi connectivity index (χ3v) is 2.62. The number of nitrogens with two attached hydrogens (primary N) is 1. The van der Waals surface area contributed by atoms with Gasteiger partial charge in [-0.3, -0.25) is 4.79 Å². The molecule has 0 saturated heterocycles. The molecular formula is C10H11BrClNO2. The molecule has 0 aliphatic carbocycles. The Morgan fingerprint density at radius 1 is 1.60 bits per heavy atom. The molecular weight excluding hydrogens is 281 g/mol. The van der Waals surface area contributed by atoms with Gasteiger partial charge in [0.2, 0.25) is 0 Å². The van der Waals surface area contributed by atoms with Gasteiger partial charge in [0.25, 0.3) is 0 Å². The van der Waals surface area contributed by atoms with Crippen molar-refractivity contribution in [1.82, 2.24) is 0 Å². The lowest BCUT2D eigenvalue weighted by Crippen LogP contribution is -2.09. The zero-order valence-corrected chi connectivity index (χ0v) is 10.6. The Bertz CT molecular complexity index is 359. The van der Waals surface area contributed by atoms with Gasteiger partial charge in [0, 0.05) is 20.7 Å². The van der Waals surface area contributed by atoms with Crippen molar-refractivity contribution < 1.29 is 9.53 Å². The quantitative estimate of drug-likeness (QED) is 0.688. The van der Waals surface area contributed by atoms with Crippen LogP contribution in [0, 0.1) is 0 Å². The summed E-state index contributed by atoms with van der Waals surface area (Å²) < 4.78 is 5.61. The fourth-order valence-corrected chi connectivity index (χ4v) is 2.07. The molecule has 5 heteroatoms. The number of hydrogen-bond donors (Lipinski definition) is 1. The molecule has 0 atom stereocenters. The second-order valence-electron chi connectivity index (χ2n) is 2.94. The highest BCUT2D eigenvalue weighted by Crippen LogP contribution is 2.27. The van der Waals surface area contributed by atoms with Crippen LogP contribution in [-0.4, -0.2) is 12.6 Å². The normalized spacial score (nSPS) is 10.1. The minimum atomic E-state index is -0.326. The van der Waals surface area contributed by atoms with Crippen molar-refractivity contribution in [1.29, 1.82) is 0 Å². The van der Waals surface area contributed by atoms with Gasteiger partial charge in [-0.2, -0.15) is 0 Å². The smallest absolute Gasteiger partial charge is 0.310 e. The first-order chi connectivity index (χ1) is 7.04. The molecule has 3 nitrogen and oxygen atoms in total. The molecule has 1 aromatic rings. The highest BCUT2D eigenvalue weighted by atomic mass is 79.9. The Morgan fingerprint density at radius 3 is 2.80 bits per heavy atom. The Balaban J connectivity index is 2.90. The van der Waals surface area contributed by atoms with Crippen molar-refractivity contribution in [3.63, 3.8) is 0 Å². The van der Waals surface area contributed by atoms with Gasteiger partial charge >= 0.3 is 5.97 Å². The molecule has 0 amide bonds. The second-order valence-corrected chi connectivity index (χ2v) is 4.26. The zero-order valence-electron chi connectivity index (χ0n) is 8.22. The van der Waals surface area contributed by atoms with Crippen LogP contribution in [0.2, 0.25) is 5.02 Å². The highest BCUT2D eigenvalue weighted by Gasteiger charge is 2.11. The predicted molar refractivity (Wildman–Crippen MR) is 63.9 cm³/mol. The lowest BCUT2D eigenvalue weighted by atomic mass is 10.1. The predicted octanol–water partition coefficient (Wildman–Crippen LogP) is 2.79. The van der Waals surface area contributed by atoms with E-state index in [9.17, 15) is 4.79 Å². The molecule has 2 N–H and O–H groups in total. The van der Waals surface area contributed by atoms with E-state index in [2.05, 4.69) is 15.9 Å². The molecule has 0 aliphatic heterocycles. The van der Waals surface area contributed by atoms with Gasteiger partial charge in [0.05, 0.1) is 13.0 Å². The van der Waals surface area contributed by atoms with Crippen LogP contribution in [-0.2, 0) is 16.0 Å². The summed E-state index contributed by atoms with van der Waals surface area (Å²) in [5.41, 5.74) is 6.84. The van der Waals surface area contributed by atoms with Gasteiger partial charge in [0.1, 0.15) is 0 Å². The Morgan fingerprint density at radius 2 is 2.27 bits per heavy atom. The maximum Gasteiger partial charge on any atom is 0.310 e. The van der Waals surface area contributed by atoms with Crippen molar-refractivity contribution in [2.24, 2.45) is 0 Å². The SMILES string of the molecule is CCOC(=O)Cc1c(N)cc(Br)cc1Cl. The molecule has 0 spiro atoms. The van der Waals surface area contributed by atoms with E-state index in [0.29, 0.717) is 22.9 Å².